The molecule has 1 aromatic carbocycles. The van der Waals surface area contributed by atoms with Crippen LogP contribution in [0.2, 0.25) is 5.02 Å². The van der Waals surface area contributed by atoms with Gasteiger partial charge in [-0.1, -0.05) is 29.8 Å². The predicted molar refractivity (Wildman–Crippen MR) is 64.1 cm³/mol. The minimum absolute atomic E-state index is 0.147. The molecule has 16 heavy (non-hydrogen) atoms. The van der Waals surface area contributed by atoms with Crippen molar-refractivity contribution < 1.29 is 4.42 Å². The number of hydrazine groups is 1. The lowest BCUT2D eigenvalue weighted by Crippen LogP contribution is -2.28. The lowest BCUT2D eigenvalue weighted by Gasteiger charge is -2.15. The van der Waals surface area contributed by atoms with Gasteiger partial charge in [-0.2, -0.15) is 0 Å². The Balaban J connectivity index is 2.40. The van der Waals surface area contributed by atoms with Gasteiger partial charge >= 0.3 is 0 Å². The summed E-state index contributed by atoms with van der Waals surface area (Å²) in [5.74, 6) is 6.41. The first kappa shape index (κ1) is 11.2. The van der Waals surface area contributed by atoms with E-state index in [1.807, 2.05) is 37.3 Å². The molecule has 0 aliphatic heterocycles. The number of rotatable bonds is 3. The molecule has 1 aromatic heterocycles. The number of benzene rings is 1. The fourth-order valence-electron chi connectivity index (χ4n) is 1.69. The zero-order chi connectivity index (χ0) is 11.5. The lowest BCUT2D eigenvalue weighted by molar-refractivity contribution is 0.526. The highest BCUT2D eigenvalue weighted by Gasteiger charge is 2.16. The van der Waals surface area contributed by atoms with Crippen LogP contribution in [0.1, 0.15) is 22.9 Å². The molecule has 0 aliphatic carbocycles. The average molecular weight is 237 g/mol. The molecule has 3 nitrogen and oxygen atoms in total. The molecule has 1 atom stereocenters. The summed E-state index contributed by atoms with van der Waals surface area (Å²) in [7, 11) is 0. The van der Waals surface area contributed by atoms with Crippen LogP contribution in [0.4, 0.5) is 0 Å². The van der Waals surface area contributed by atoms with Crippen molar-refractivity contribution in [2.75, 3.05) is 0 Å². The van der Waals surface area contributed by atoms with E-state index in [9.17, 15) is 0 Å². The van der Waals surface area contributed by atoms with Crippen LogP contribution in [0.5, 0.6) is 0 Å². The summed E-state index contributed by atoms with van der Waals surface area (Å²) < 4.78 is 5.27. The van der Waals surface area contributed by atoms with E-state index in [2.05, 4.69) is 5.43 Å². The second kappa shape index (κ2) is 4.70. The van der Waals surface area contributed by atoms with Gasteiger partial charge in [0.25, 0.3) is 0 Å². The standard InChI is InChI=1S/C12H13ClN2O/c1-8-6-9(7-16-8)12(15-14)10-4-2-3-5-11(10)13/h2-7,12,15H,14H2,1H3. The molecule has 0 spiro atoms. The minimum atomic E-state index is -0.147. The molecule has 0 bridgehead atoms. The number of hydrogen-bond donors (Lipinski definition) is 2. The van der Waals surface area contributed by atoms with E-state index >= 15 is 0 Å². The van der Waals surface area contributed by atoms with Gasteiger partial charge in [0.05, 0.1) is 12.3 Å². The summed E-state index contributed by atoms with van der Waals surface area (Å²) in [6.45, 7) is 1.89. The maximum Gasteiger partial charge on any atom is 0.101 e. The number of furan rings is 1. The van der Waals surface area contributed by atoms with Crippen molar-refractivity contribution in [2.45, 2.75) is 13.0 Å². The zero-order valence-electron chi connectivity index (χ0n) is 8.91. The normalized spacial score (nSPS) is 12.7. The van der Waals surface area contributed by atoms with Crippen LogP contribution in [0, 0.1) is 6.92 Å². The van der Waals surface area contributed by atoms with Gasteiger partial charge in [0, 0.05) is 10.6 Å². The van der Waals surface area contributed by atoms with Gasteiger partial charge < -0.3 is 4.42 Å². The highest BCUT2D eigenvalue weighted by atomic mass is 35.5. The quantitative estimate of drug-likeness (QED) is 0.637. The molecule has 3 N–H and O–H groups in total. The highest BCUT2D eigenvalue weighted by molar-refractivity contribution is 6.31. The van der Waals surface area contributed by atoms with Crippen LogP contribution < -0.4 is 11.3 Å². The monoisotopic (exact) mass is 236 g/mol. The molecular weight excluding hydrogens is 224 g/mol. The third kappa shape index (κ3) is 2.11. The van der Waals surface area contributed by atoms with Gasteiger partial charge in [0.15, 0.2) is 0 Å². The van der Waals surface area contributed by atoms with Gasteiger partial charge in [0.1, 0.15) is 5.76 Å². The number of hydrogen-bond acceptors (Lipinski definition) is 3. The van der Waals surface area contributed by atoms with Crippen LogP contribution in [-0.2, 0) is 0 Å². The molecule has 2 aromatic rings. The Bertz CT molecular complexity index is 481. The summed E-state index contributed by atoms with van der Waals surface area (Å²) in [4.78, 5) is 0. The first-order valence-electron chi connectivity index (χ1n) is 4.98. The summed E-state index contributed by atoms with van der Waals surface area (Å²) in [6, 6.07) is 9.39. The van der Waals surface area contributed by atoms with E-state index in [0.717, 1.165) is 16.9 Å². The van der Waals surface area contributed by atoms with Gasteiger partial charge in [0.2, 0.25) is 0 Å². The van der Waals surface area contributed by atoms with E-state index in [1.54, 1.807) is 6.26 Å². The van der Waals surface area contributed by atoms with Crippen molar-refractivity contribution in [2.24, 2.45) is 5.84 Å². The van der Waals surface area contributed by atoms with E-state index in [0.29, 0.717) is 5.02 Å². The Morgan fingerprint density at radius 1 is 1.38 bits per heavy atom. The third-order valence-corrected chi connectivity index (χ3v) is 2.81. The van der Waals surface area contributed by atoms with E-state index in [4.69, 9.17) is 21.9 Å². The van der Waals surface area contributed by atoms with Crippen LogP contribution in [0.25, 0.3) is 0 Å². The van der Waals surface area contributed by atoms with E-state index < -0.39 is 0 Å². The summed E-state index contributed by atoms with van der Waals surface area (Å²) >= 11 is 6.13. The average Bonchev–Trinajstić information content (AvgIpc) is 2.69. The molecule has 0 radical (unpaired) electrons. The van der Waals surface area contributed by atoms with Crippen molar-refractivity contribution >= 4 is 11.6 Å². The first-order chi connectivity index (χ1) is 7.72. The molecule has 0 amide bonds. The Morgan fingerprint density at radius 2 is 2.12 bits per heavy atom. The molecule has 84 valence electrons. The molecule has 0 fully saturated rings. The van der Waals surface area contributed by atoms with Crippen LogP contribution in [0.3, 0.4) is 0 Å². The second-order valence-corrected chi connectivity index (χ2v) is 4.02. The number of halogens is 1. The first-order valence-corrected chi connectivity index (χ1v) is 5.35. The van der Waals surface area contributed by atoms with Gasteiger partial charge in [-0.25, -0.2) is 5.43 Å². The molecule has 1 unspecified atom stereocenters. The maximum atomic E-state index is 6.13. The molecule has 0 saturated carbocycles. The number of nitrogens with one attached hydrogen (secondary N) is 1. The SMILES string of the molecule is Cc1cc(C(NN)c2ccccc2Cl)co1. The molecule has 0 aliphatic rings. The number of nitrogens with two attached hydrogens (primary N) is 1. The maximum absolute atomic E-state index is 6.13. The second-order valence-electron chi connectivity index (χ2n) is 3.61. The van der Waals surface area contributed by atoms with Gasteiger partial charge in [-0.05, 0) is 24.6 Å². The molecule has 4 heteroatoms. The molecule has 1 heterocycles. The van der Waals surface area contributed by atoms with Crippen molar-refractivity contribution in [1.82, 2.24) is 5.43 Å². The van der Waals surface area contributed by atoms with Gasteiger partial charge in [-0.15, -0.1) is 0 Å². The van der Waals surface area contributed by atoms with E-state index in [1.165, 1.54) is 0 Å². The fraction of sp³-hybridized carbons (Fsp3) is 0.167. The Kier molecular flexibility index (Phi) is 3.29. The highest BCUT2D eigenvalue weighted by Crippen LogP contribution is 2.28. The smallest absolute Gasteiger partial charge is 0.101 e. The summed E-state index contributed by atoms with van der Waals surface area (Å²) in [5.41, 5.74) is 4.65. The van der Waals surface area contributed by atoms with Crippen molar-refractivity contribution in [3.63, 3.8) is 0 Å². The minimum Gasteiger partial charge on any atom is -0.469 e. The predicted octanol–water partition coefficient (Wildman–Crippen LogP) is 2.79. The Morgan fingerprint density at radius 3 is 2.69 bits per heavy atom. The van der Waals surface area contributed by atoms with E-state index in [-0.39, 0.29) is 6.04 Å². The van der Waals surface area contributed by atoms with Crippen LogP contribution in [0.15, 0.2) is 41.0 Å². The largest absolute Gasteiger partial charge is 0.469 e. The van der Waals surface area contributed by atoms with Gasteiger partial charge in [-0.3, -0.25) is 5.84 Å². The van der Waals surface area contributed by atoms with Crippen molar-refractivity contribution in [3.8, 4) is 0 Å². The van der Waals surface area contributed by atoms with Crippen LogP contribution in [-0.4, -0.2) is 0 Å². The lowest BCUT2D eigenvalue weighted by atomic mass is 10.0. The number of aryl methyl sites for hydroxylation is 1. The third-order valence-electron chi connectivity index (χ3n) is 2.47. The van der Waals surface area contributed by atoms with Crippen molar-refractivity contribution in [1.29, 1.82) is 0 Å². The van der Waals surface area contributed by atoms with Crippen LogP contribution >= 0.6 is 11.6 Å². The topological polar surface area (TPSA) is 51.2 Å². The van der Waals surface area contributed by atoms with Crippen molar-refractivity contribution in [3.05, 3.63) is 58.5 Å². The summed E-state index contributed by atoms with van der Waals surface area (Å²) in [6.07, 6.45) is 1.68. The molecular formula is C12H13ClN2O. The Labute approximate surface area is 99.2 Å². The Hall–Kier alpha value is -1.29. The fourth-order valence-corrected chi connectivity index (χ4v) is 1.93. The molecule has 2 rings (SSSR count). The molecule has 0 saturated heterocycles. The summed E-state index contributed by atoms with van der Waals surface area (Å²) in [5, 5.41) is 0.685. The zero-order valence-corrected chi connectivity index (χ0v) is 9.66.